The van der Waals surface area contributed by atoms with Gasteiger partial charge in [-0.25, -0.2) is 4.79 Å². The van der Waals surface area contributed by atoms with Crippen molar-refractivity contribution in [2.45, 2.75) is 13.3 Å². The molecule has 0 radical (unpaired) electrons. The Morgan fingerprint density at radius 2 is 2.00 bits per heavy atom. The molecule has 3 heteroatoms. The number of carboxylic acid groups (broad SMARTS) is 1. The summed E-state index contributed by atoms with van der Waals surface area (Å²) in [4.78, 5) is 10.8. The monoisotopic (exact) mass is 216 g/mol. The van der Waals surface area contributed by atoms with Gasteiger partial charge < -0.3 is 9.52 Å². The number of hydrogen-bond donors (Lipinski definition) is 1. The van der Waals surface area contributed by atoms with Crippen LogP contribution in [0.1, 0.15) is 27.4 Å². The lowest BCUT2D eigenvalue weighted by atomic mass is 10.1. The Bertz CT molecular complexity index is 497. The topological polar surface area (TPSA) is 50.4 Å². The maximum atomic E-state index is 10.8. The van der Waals surface area contributed by atoms with Crippen molar-refractivity contribution < 1.29 is 14.3 Å². The molecular weight excluding hydrogens is 204 g/mol. The van der Waals surface area contributed by atoms with Crippen molar-refractivity contribution in [3.63, 3.8) is 0 Å². The Kier molecular flexibility index (Phi) is 2.77. The number of carbonyl (C=O) groups is 1. The van der Waals surface area contributed by atoms with Gasteiger partial charge in [0.2, 0.25) is 5.76 Å². The molecule has 1 aromatic heterocycles. The predicted octanol–water partition coefficient (Wildman–Crippen LogP) is 2.88. The van der Waals surface area contributed by atoms with Crippen molar-refractivity contribution in [2.75, 3.05) is 0 Å². The first-order chi connectivity index (χ1) is 7.66. The van der Waals surface area contributed by atoms with E-state index in [1.165, 1.54) is 0 Å². The van der Waals surface area contributed by atoms with Crippen molar-refractivity contribution in [3.05, 3.63) is 59.0 Å². The van der Waals surface area contributed by atoms with Gasteiger partial charge in [-0.05, 0) is 18.6 Å². The third-order valence-electron chi connectivity index (χ3n) is 2.38. The number of furan rings is 1. The zero-order valence-corrected chi connectivity index (χ0v) is 8.93. The van der Waals surface area contributed by atoms with Gasteiger partial charge in [0, 0.05) is 12.0 Å². The van der Waals surface area contributed by atoms with Crippen LogP contribution in [-0.2, 0) is 6.42 Å². The minimum atomic E-state index is -1.02. The fourth-order valence-corrected chi connectivity index (χ4v) is 1.64. The molecule has 0 unspecified atom stereocenters. The van der Waals surface area contributed by atoms with E-state index in [4.69, 9.17) is 9.52 Å². The van der Waals surface area contributed by atoms with E-state index in [2.05, 4.69) is 0 Å². The van der Waals surface area contributed by atoms with E-state index >= 15 is 0 Å². The van der Waals surface area contributed by atoms with Crippen LogP contribution in [0, 0.1) is 6.92 Å². The molecule has 1 heterocycles. The molecule has 0 spiro atoms. The summed E-state index contributed by atoms with van der Waals surface area (Å²) in [5.41, 5.74) is 1.77. The summed E-state index contributed by atoms with van der Waals surface area (Å²) < 4.78 is 5.28. The lowest BCUT2D eigenvalue weighted by Gasteiger charge is -1.96. The molecule has 0 amide bonds. The van der Waals surface area contributed by atoms with Crippen LogP contribution in [0.5, 0.6) is 0 Å². The molecule has 2 rings (SSSR count). The highest BCUT2D eigenvalue weighted by atomic mass is 16.4. The Morgan fingerprint density at radius 1 is 1.31 bits per heavy atom. The summed E-state index contributed by atoms with van der Waals surface area (Å²) >= 11 is 0. The minimum Gasteiger partial charge on any atom is -0.475 e. The van der Waals surface area contributed by atoms with Gasteiger partial charge in [-0.2, -0.15) is 0 Å². The SMILES string of the molecule is Cc1cc(Cc2ccccc2)oc1C(=O)O. The highest BCUT2D eigenvalue weighted by molar-refractivity contribution is 5.86. The first kappa shape index (κ1) is 10.5. The highest BCUT2D eigenvalue weighted by Gasteiger charge is 2.14. The summed E-state index contributed by atoms with van der Waals surface area (Å²) in [6, 6.07) is 11.6. The molecule has 16 heavy (non-hydrogen) atoms. The molecule has 0 bridgehead atoms. The van der Waals surface area contributed by atoms with Crippen molar-refractivity contribution in [2.24, 2.45) is 0 Å². The molecule has 82 valence electrons. The summed E-state index contributed by atoms with van der Waals surface area (Å²) in [7, 11) is 0. The molecule has 1 N–H and O–H groups in total. The standard InChI is InChI=1S/C13H12O3/c1-9-7-11(16-12(9)13(14)15)8-10-5-3-2-4-6-10/h2-7H,8H2,1H3,(H,14,15). The zero-order valence-electron chi connectivity index (χ0n) is 8.93. The second-order valence-electron chi connectivity index (χ2n) is 3.69. The van der Waals surface area contributed by atoms with Gasteiger partial charge >= 0.3 is 5.97 Å². The average Bonchev–Trinajstić information content (AvgIpc) is 2.61. The molecule has 3 nitrogen and oxygen atoms in total. The molecule has 0 saturated carbocycles. The van der Waals surface area contributed by atoms with E-state index in [9.17, 15) is 4.79 Å². The molecule has 0 aliphatic rings. The van der Waals surface area contributed by atoms with Gasteiger partial charge in [0.05, 0.1) is 0 Å². The Hall–Kier alpha value is -2.03. The molecule has 0 aliphatic heterocycles. The average molecular weight is 216 g/mol. The maximum absolute atomic E-state index is 10.8. The second-order valence-corrected chi connectivity index (χ2v) is 3.69. The van der Waals surface area contributed by atoms with Crippen LogP contribution in [-0.4, -0.2) is 11.1 Å². The van der Waals surface area contributed by atoms with Crippen LogP contribution in [0.15, 0.2) is 40.8 Å². The van der Waals surface area contributed by atoms with Gasteiger partial charge in [-0.3, -0.25) is 0 Å². The Balaban J connectivity index is 2.23. The smallest absolute Gasteiger partial charge is 0.372 e. The number of aromatic carboxylic acids is 1. The van der Waals surface area contributed by atoms with Gasteiger partial charge in [0.25, 0.3) is 0 Å². The lowest BCUT2D eigenvalue weighted by molar-refractivity contribution is 0.0659. The van der Waals surface area contributed by atoms with Crippen molar-refractivity contribution in [1.29, 1.82) is 0 Å². The number of carboxylic acids is 1. The third-order valence-corrected chi connectivity index (χ3v) is 2.38. The largest absolute Gasteiger partial charge is 0.475 e. The van der Waals surface area contributed by atoms with E-state index in [0.29, 0.717) is 17.7 Å². The summed E-state index contributed by atoms with van der Waals surface area (Å²) in [6.07, 6.45) is 0.620. The normalized spacial score (nSPS) is 10.3. The number of hydrogen-bond acceptors (Lipinski definition) is 2. The van der Waals surface area contributed by atoms with Crippen molar-refractivity contribution >= 4 is 5.97 Å². The molecule has 2 aromatic rings. The van der Waals surface area contributed by atoms with E-state index < -0.39 is 5.97 Å². The number of aryl methyl sites for hydroxylation is 1. The van der Waals surface area contributed by atoms with Crippen LogP contribution in [0.3, 0.4) is 0 Å². The fourth-order valence-electron chi connectivity index (χ4n) is 1.64. The molecule has 0 aliphatic carbocycles. The van der Waals surface area contributed by atoms with Crippen LogP contribution < -0.4 is 0 Å². The second kappa shape index (κ2) is 4.23. The van der Waals surface area contributed by atoms with Gasteiger partial charge in [0.1, 0.15) is 5.76 Å². The summed E-state index contributed by atoms with van der Waals surface area (Å²) in [5, 5.41) is 8.85. The quantitative estimate of drug-likeness (QED) is 0.858. The highest BCUT2D eigenvalue weighted by Crippen LogP contribution is 2.17. The Morgan fingerprint density at radius 3 is 2.56 bits per heavy atom. The van der Waals surface area contributed by atoms with E-state index in [1.54, 1.807) is 13.0 Å². The van der Waals surface area contributed by atoms with E-state index in [0.717, 1.165) is 5.56 Å². The van der Waals surface area contributed by atoms with E-state index in [1.807, 2.05) is 30.3 Å². The summed E-state index contributed by atoms with van der Waals surface area (Å²) in [6.45, 7) is 1.74. The van der Waals surface area contributed by atoms with Crippen LogP contribution in [0.4, 0.5) is 0 Å². The zero-order chi connectivity index (χ0) is 11.5. The van der Waals surface area contributed by atoms with Crippen molar-refractivity contribution in [3.8, 4) is 0 Å². The molecule has 0 atom stereocenters. The molecule has 0 fully saturated rings. The van der Waals surface area contributed by atoms with E-state index in [-0.39, 0.29) is 5.76 Å². The van der Waals surface area contributed by atoms with Gasteiger partial charge in [-0.1, -0.05) is 30.3 Å². The van der Waals surface area contributed by atoms with Gasteiger partial charge in [-0.15, -0.1) is 0 Å². The first-order valence-corrected chi connectivity index (χ1v) is 5.03. The number of rotatable bonds is 3. The number of benzene rings is 1. The van der Waals surface area contributed by atoms with Gasteiger partial charge in [0.15, 0.2) is 0 Å². The first-order valence-electron chi connectivity index (χ1n) is 5.03. The van der Waals surface area contributed by atoms with Crippen LogP contribution in [0.25, 0.3) is 0 Å². The predicted molar refractivity (Wildman–Crippen MR) is 59.7 cm³/mol. The Labute approximate surface area is 93.3 Å². The minimum absolute atomic E-state index is 0.0333. The third kappa shape index (κ3) is 2.14. The molecule has 1 aromatic carbocycles. The lowest BCUT2D eigenvalue weighted by Crippen LogP contribution is -1.95. The fraction of sp³-hybridized carbons (Fsp3) is 0.154. The van der Waals surface area contributed by atoms with Crippen LogP contribution >= 0.6 is 0 Å². The maximum Gasteiger partial charge on any atom is 0.372 e. The van der Waals surface area contributed by atoms with Crippen molar-refractivity contribution in [1.82, 2.24) is 0 Å². The van der Waals surface area contributed by atoms with Crippen LogP contribution in [0.2, 0.25) is 0 Å². The molecule has 0 saturated heterocycles. The molecular formula is C13H12O3. The summed E-state index contributed by atoms with van der Waals surface area (Å²) in [5.74, 6) is -0.302.